The number of benzene rings is 1. The summed E-state index contributed by atoms with van der Waals surface area (Å²) in [4.78, 5) is 1.54. The molecule has 6 heteroatoms. The normalized spacial score (nSPS) is 12.8. The summed E-state index contributed by atoms with van der Waals surface area (Å²) in [6.45, 7) is 4.07. The Labute approximate surface area is 108 Å². The molecule has 1 aromatic carbocycles. The number of hydrogen-bond acceptors (Lipinski definition) is 4. The molecule has 0 aromatic heterocycles. The van der Waals surface area contributed by atoms with Crippen LogP contribution >= 0.6 is 0 Å². The van der Waals surface area contributed by atoms with Gasteiger partial charge in [0.15, 0.2) is 0 Å². The number of terminal acetylenes is 1. The molecule has 0 spiro atoms. The van der Waals surface area contributed by atoms with E-state index in [1.165, 1.54) is 0 Å². The molecule has 0 saturated heterocycles. The Bertz CT molecular complexity index is 575. The van der Waals surface area contributed by atoms with Gasteiger partial charge in [-0.05, 0) is 37.6 Å². The zero-order valence-electron chi connectivity index (χ0n) is 10.4. The topological polar surface area (TPSA) is 89.4 Å². The van der Waals surface area contributed by atoms with E-state index in [2.05, 4.69) is 5.92 Å². The predicted molar refractivity (Wildman–Crippen MR) is 74.3 cm³/mol. The molecule has 0 radical (unpaired) electrons. The van der Waals surface area contributed by atoms with Gasteiger partial charge >= 0.3 is 0 Å². The zero-order valence-corrected chi connectivity index (χ0v) is 11.2. The predicted octanol–water partition coefficient (Wildman–Crippen LogP) is 0.651. The van der Waals surface area contributed by atoms with Crippen LogP contribution in [-0.2, 0) is 10.0 Å². The minimum Gasteiger partial charge on any atom is -0.399 e. The number of aryl methyl sites for hydroxylation is 1. The second-order valence-electron chi connectivity index (χ2n) is 3.93. The number of rotatable bonds is 4. The summed E-state index contributed by atoms with van der Waals surface area (Å²) in [6, 6.07) is 5.22. The summed E-state index contributed by atoms with van der Waals surface area (Å²) in [5.74, 6) is 2.21. The number of primary sulfonamides is 1. The summed E-state index contributed by atoms with van der Waals surface area (Å²) >= 11 is 0. The van der Waals surface area contributed by atoms with Crippen molar-refractivity contribution in [1.82, 2.24) is 0 Å². The quantitative estimate of drug-likeness (QED) is 0.619. The Morgan fingerprint density at radius 1 is 1.50 bits per heavy atom. The van der Waals surface area contributed by atoms with E-state index in [4.69, 9.17) is 17.3 Å². The van der Waals surface area contributed by atoms with Gasteiger partial charge in [0.2, 0.25) is 15.4 Å². The van der Waals surface area contributed by atoms with Crippen LogP contribution in [0, 0.1) is 19.3 Å². The smallest absolute Gasteiger partial charge is 0.242 e. The molecule has 0 heterocycles. The summed E-state index contributed by atoms with van der Waals surface area (Å²) in [6.07, 6.45) is 5.27. The first kappa shape index (κ1) is 14.4. The highest BCUT2D eigenvalue weighted by molar-refractivity contribution is 7.90. The van der Waals surface area contributed by atoms with E-state index in [-0.39, 0.29) is 0 Å². The third-order valence-corrected chi connectivity index (χ3v) is 3.68. The number of nitrogen functional groups attached to an aromatic ring is 1. The molecule has 0 aliphatic carbocycles. The van der Waals surface area contributed by atoms with E-state index in [1.807, 2.05) is 6.92 Å². The summed E-state index contributed by atoms with van der Waals surface area (Å²) in [5.41, 5.74) is 7.90. The lowest BCUT2D eigenvalue weighted by atomic mass is 10.1. The Kier molecular flexibility index (Phi) is 4.22. The van der Waals surface area contributed by atoms with Crippen molar-refractivity contribution in [3.05, 3.63) is 23.8 Å². The van der Waals surface area contributed by atoms with E-state index >= 15 is 0 Å². The maximum absolute atomic E-state index is 11.5. The number of hydrogen-bond donors (Lipinski definition) is 2. The molecular formula is C12H17N3O2S. The van der Waals surface area contributed by atoms with Crippen molar-refractivity contribution in [1.29, 1.82) is 0 Å². The zero-order chi connectivity index (χ0) is 13.9. The Morgan fingerprint density at radius 3 is 2.50 bits per heavy atom. The van der Waals surface area contributed by atoms with Gasteiger partial charge < -0.3 is 10.6 Å². The standard InChI is InChI=1S/C12H17N3O2S/c1-4-12(18(14,16)17)15(5-2)10-6-7-11(13)9(3)8-10/h1,6-8,12H,5,13H2,2-3H3,(H2,14,16,17). The number of nitrogens with two attached hydrogens (primary N) is 2. The van der Waals surface area contributed by atoms with Crippen molar-refractivity contribution in [2.24, 2.45) is 5.14 Å². The summed E-state index contributed by atoms with van der Waals surface area (Å²) in [5, 5.41) is 3.96. The molecule has 18 heavy (non-hydrogen) atoms. The molecule has 0 aliphatic rings. The Hall–Kier alpha value is -1.71. The lowest BCUT2D eigenvalue weighted by Crippen LogP contribution is -2.43. The van der Waals surface area contributed by atoms with E-state index in [9.17, 15) is 8.42 Å². The summed E-state index contributed by atoms with van der Waals surface area (Å²) < 4.78 is 22.9. The van der Waals surface area contributed by atoms with Gasteiger partial charge in [-0.3, -0.25) is 0 Å². The van der Waals surface area contributed by atoms with Gasteiger partial charge in [0.05, 0.1) is 0 Å². The average Bonchev–Trinajstić information content (AvgIpc) is 2.28. The molecule has 5 nitrogen and oxygen atoms in total. The average molecular weight is 267 g/mol. The highest BCUT2D eigenvalue weighted by Gasteiger charge is 2.26. The van der Waals surface area contributed by atoms with Crippen LogP contribution in [0.1, 0.15) is 12.5 Å². The number of nitrogens with zero attached hydrogens (tertiary/aromatic N) is 1. The van der Waals surface area contributed by atoms with Crippen molar-refractivity contribution in [3.8, 4) is 12.3 Å². The molecule has 0 amide bonds. The lowest BCUT2D eigenvalue weighted by Gasteiger charge is -2.28. The molecule has 0 saturated carbocycles. The van der Waals surface area contributed by atoms with E-state index < -0.39 is 15.4 Å². The molecule has 1 atom stereocenters. The second-order valence-corrected chi connectivity index (χ2v) is 5.56. The fourth-order valence-electron chi connectivity index (χ4n) is 1.68. The van der Waals surface area contributed by atoms with Crippen LogP contribution in [0.2, 0.25) is 0 Å². The van der Waals surface area contributed by atoms with Gasteiger partial charge in [-0.15, -0.1) is 6.42 Å². The largest absolute Gasteiger partial charge is 0.399 e. The van der Waals surface area contributed by atoms with Gasteiger partial charge in [0.1, 0.15) is 0 Å². The van der Waals surface area contributed by atoms with Crippen molar-refractivity contribution in [3.63, 3.8) is 0 Å². The summed E-state index contributed by atoms with van der Waals surface area (Å²) in [7, 11) is -3.84. The van der Waals surface area contributed by atoms with Gasteiger partial charge in [0.25, 0.3) is 0 Å². The van der Waals surface area contributed by atoms with Crippen LogP contribution in [0.5, 0.6) is 0 Å². The van der Waals surface area contributed by atoms with E-state index in [0.717, 1.165) is 5.56 Å². The SMILES string of the molecule is C#CC(N(CC)c1ccc(N)c(C)c1)S(N)(=O)=O. The minimum absolute atomic E-state index is 0.425. The fraction of sp³-hybridized carbons (Fsp3) is 0.333. The van der Waals surface area contributed by atoms with Crippen molar-refractivity contribution in [2.45, 2.75) is 19.2 Å². The first-order valence-corrected chi connectivity index (χ1v) is 7.02. The molecule has 1 unspecified atom stereocenters. The molecule has 98 valence electrons. The van der Waals surface area contributed by atoms with Crippen LogP contribution in [0.15, 0.2) is 18.2 Å². The van der Waals surface area contributed by atoms with Gasteiger partial charge in [-0.25, -0.2) is 13.6 Å². The third-order valence-electron chi connectivity index (χ3n) is 2.66. The Balaban J connectivity index is 3.25. The van der Waals surface area contributed by atoms with Crippen LogP contribution in [0.3, 0.4) is 0 Å². The first-order valence-electron chi connectivity index (χ1n) is 5.41. The van der Waals surface area contributed by atoms with Crippen LogP contribution in [0.25, 0.3) is 0 Å². The van der Waals surface area contributed by atoms with Gasteiger partial charge in [-0.2, -0.15) is 0 Å². The monoisotopic (exact) mass is 267 g/mol. The molecule has 1 aromatic rings. The molecule has 0 aliphatic heterocycles. The van der Waals surface area contributed by atoms with Gasteiger partial charge in [-0.1, -0.05) is 5.92 Å². The molecule has 0 fully saturated rings. The number of sulfonamides is 1. The second kappa shape index (κ2) is 5.29. The first-order chi connectivity index (χ1) is 8.31. The molecular weight excluding hydrogens is 250 g/mol. The molecule has 1 rings (SSSR count). The maximum atomic E-state index is 11.5. The van der Waals surface area contributed by atoms with Crippen LogP contribution in [0.4, 0.5) is 11.4 Å². The van der Waals surface area contributed by atoms with Crippen LogP contribution < -0.4 is 15.8 Å². The van der Waals surface area contributed by atoms with Crippen molar-refractivity contribution < 1.29 is 8.42 Å². The van der Waals surface area contributed by atoms with E-state index in [0.29, 0.717) is 17.9 Å². The fourth-order valence-corrected chi connectivity index (χ4v) is 2.50. The van der Waals surface area contributed by atoms with Crippen molar-refractivity contribution >= 4 is 21.4 Å². The lowest BCUT2D eigenvalue weighted by molar-refractivity contribution is 0.588. The highest BCUT2D eigenvalue weighted by atomic mass is 32.2. The maximum Gasteiger partial charge on any atom is 0.242 e. The van der Waals surface area contributed by atoms with Crippen molar-refractivity contribution in [2.75, 3.05) is 17.2 Å². The van der Waals surface area contributed by atoms with Gasteiger partial charge in [0, 0.05) is 17.9 Å². The Morgan fingerprint density at radius 2 is 2.11 bits per heavy atom. The van der Waals surface area contributed by atoms with Crippen LogP contribution in [-0.4, -0.2) is 20.3 Å². The third kappa shape index (κ3) is 2.94. The highest BCUT2D eigenvalue weighted by Crippen LogP contribution is 2.23. The van der Waals surface area contributed by atoms with E-state index in [1.54, 1.807) is 30.0 Å². The number of anilines is 2. The molecule has 0 bridgehead atoms. The molecule has 4 N–H and O–H groups in total. The minimum atomic E-state index is -3.84.